The average molecular weight is 544 g/mol. The Morgan fingerprint density at radius 3 is 2.77 bits per heavy atom. The van der Waals surface area contributed by atoms with Gasteiger partial charge in [-0.05, 0) is 17.7 Å². The molecular formula is C20H17ClF3N7O2S2. The van der Waals surface area contributed by atoms with Gasteiger partial charge in [-0.15, -0.1) is 11.3 Å². The van der Waals surface area contributed by atoms with Gasteiger partial charge in [0.1, 0.15) is 11.9 Å². The predicted molar refractivity (Wildman–Crippen MR) is 125 cm³/mol. The summed E-state index contributed by atoms with van der Waals surface area (Å²) in [6.45, 7) is -3.01. The molecule has 3 aromatic rings. The van der Waals surface area contributed by atoms with Crippen LogP contribution in [-0.2, 0) is 10.2 Å². The summed E-state index contributed by atoms with van der Waals surface area (Å²) in [7, 11) is -3.77. The van der Waals surface area contributed by atoms with Gasteiger partial charge in [-0.25, -0.2) is 18.8 Å². The second-order valence-electron chi connectivity index (χ2n) is 7.58. The SMILES string of the molecule is O=S1(=O)NCCC2=C(c3cnn(C(F)F)c3)[C@H](c3ccc(F)cc3Cl)N=C(c3nccs3)N2CN1. The van der Waals surface area contributed by atoms with Crippen LogP contribution in [0.15, 0.2) is 52.9 Å². The Morgan fingerprint density at radius 1 is 1.26 bits per heavy atom. The van der Waals surface area contributed by atoms with Gasteiger partial charge in [0.2, 0.25) is 0 Å². The number of hydrogen-bond donors (Lipinski definition) is 2. The van der Waals surface area contributed by atoms with Crippen LogP contribution in [0.1, 0.15) is 35.1 Å². The molecule has 2 aromatic heterocycles. The molecule has 2 aliphatic heterocycles. The van der Waals surface area contributed by atoms with Gasteiger partial charge in [-0.2, -0.15) is 27.0 Å². The lowest BCUT2D eigenvalue weighted by molar-refractivity contribution is 0.0566. The molecule has 1 fully saturated rings. The summed E-state index contributed by atoms with van der Waals surface area (Å²) in [6, 6.07) is 3.06. The molecule has 184 valence electrons. The van der Waals surface area contributed by atoms with E-state index in [-0.39, 0.29) is 24.7 Å². The molecule has 2 N–H and O–H groups in total. The molecule has 0 aliphatic carbocycles. The smallest absolute Gasteiger partial charge is 0.313 e. The largest absolute Gasteiger partial charge is 0.333 e. The van der Waals surface area contributed by atoms with Crippen molar-refractivity contribution in [3.63, 3.8) is 0 Å². The number of aromatic nitrogens is 3. The van der Waals surface area contributed by atoms with E-state index in [9.17, 15) is 21.6 Å². The maximum atomic E-state index is 13.8. The minimum absolute atomic E-state index is 0.0304. The number of hydrogen-bond acceptors (Lipinski definition) is 7. The number of rotatable bonds is 4. The highest BCUT2D eigenvalue weighted by Crippen LogP contribution is 2.44. The normalized spacial score (nSPS) is 20.4. The molecule has 0 spiro atoms. The Hall–Kier alpha value is -2.78. The van der Waals surface area contributed by atoms with Crippen molar-refractivity contribution in [2.75, 3.05) is 13.2 Å². The van der Waals surface area contributed by atoms with Gasteiger partial charge in [0.05, 0.1) is 12.9 Å². The first kappa shape index (κ1) is 23.9. The minimum Gasteiger partial charge on any atom is -0.313 e. The molecule has 1 atom stereocenters. The Balaban J connectivity index is 1.75. The van der Waals surface area contributed by atoms with Gasteiger partial charge in [0.15, 0.2) is 10.8 Å². The van der Waals surface area contributed by atoms with E-state index in [4.69, 9.17) is 16.6 Å². The lowest BCUT2D eigenvalue weighted by atomic mass is 9.90. The Morgan fingerprint density at radius 2 is 2.09 bits per heavy atom. The molecule has 0 saturated carbocycles. The zero-order valence-electron chi connectivity index (χ0n) is 17.7. The lowest BCUT2D eigenvalue weighted by Gasteiger charge is -2.37. The molecule has 0 bridgehead atoms. The number of nitrogens with zero attached hydrogens (tertiary/aromatic N) is 5. The van der Waals surface area contributed by atoms with E-state index in [0.29, 0.717) is 37.9 Å². The summed E-state index contributed by atoms with van der Waals surface area (Å²) < 4.78 is 70.4. The van der Waals surface area contributed by atoms with Crippen molar-refractivity contribution < 1.29 is 21.6 Å². The third kappa shape index (κ3) is 4.71. The fourth-order valence-corrected chi connectivity index (χ4v) is 5.68. The first-order valence-electron chi connectivity index (χ1n) is 10.2. The van der Waals surface area contributed by atoms with Crippen LogP contribution in [0.2, 0.25) is 5.02 Å². The summed E-state index contributed by atoms with van der Waals surface area (Å²) >= 11 is 7.71. The van der Waals surface area contributed by atoms with Crippen molar-refractivity contribution in [1.29, 1.82) is 0 Å². The van der Waals surface area contributed by atoms with Crippen LogP contribution in [0, 0.1) is 5.82 Å². The highest BCUT2D eigenvalue weighted by molar-refractivity contribution is 7.87. The van der Waals surface area contributed by atoms with Crippen molar-refractivity contribution in [2.45, 2.75) is 19.0 Å². The third-order valence-corrected chi connectivity index (χ3v) is 7.67. The Labute approximate surface area is 207 Å². The van der Waals surface area contributed by atoms with E-state index < -0.39 is 28.6 Å². The van der Waals surface area contributed by atoms with Gasteiger partial charge in [-0.3, -0.25) is 4.99 Å². The summed E-state index contributed by atoms with van der Waals surface area (Å²) in [5.41, 5.74) is 1.90. The maximum absolute atomic E-state index is 13.8. The molecule has 0 amide bonds. The average Bonchev–Trinajstić information content (AvgIpc) is 3.49. The van der Waals surface area contributed by atoms with Crippen molar-refractivity contribution >= 4 is 44.6 Å². The fraction of sp³-hybridized carbons (Fsp3) is 0.250. The number of thiazole rings is 1. The summed E-state index contributed by atoms with van der Waals surface area (Å²) in [5.74, 6) is -0.167. The first-order chi connectivity index (χ1) is 16.7. The number of alkyl halides is 2. The van der Waals surface area contributed by atoms with Crippen LogP contribution >= 0.6 is 22.9 Å². The summed E-state index contributed by atoms with van der Waals surface area (Å²) in [6.07, 6.45) is 4.27. The van der Waals surface area contributed by atoms with Crippen molar-refractivity contribution in [3.05, 3.63) is 74.8 Å². The van der Waals surface area contributed by atoms with Crippen molar-refractivity contribution in [2.24, 2.45) is 4.99 Å². The fourth-order valence-electron chi connectivity index (χ4n) is 3.99. The molecule has 35 heavy (non-hydrogen) atoms. The van der Waals surface area contributed by atoms with Crippen LogP contribution in [0.3, 0.4) is 0 Å². The second kappa shape index (κ2) is 9.35. The molecule has 5 rings (SSSR count). The van der Waals surface area contributed by atoms with Crippen LogP contribution < -0.4 is 9.44 Å². The minimum atomic E-state index is -3.77. The Bertz CT molecular complexity index is 1420. The molecule has 9 nitrogen and oxygen atoms in total. The van der Waals surface area contributed by atoms with Crippen LogP contribution in [-0.4, -0.2) is 47.1 Å². The van der Waals surface area contributed by atoms with Gasteiger partial charge >= 0.3 is 6.55 Å². The molecule has 4 heterocycles. The Kier molecular flexibility index (Phi) is 6.40. The third-order valence-electron chi connectivity index (χ3n) is 5.48. The van der Waals surface area contributed by atoms with Crippen molar-refractivity contribution in [3.8, 4) is 0 Å². The molecular weight excluding hydrogens is 527 g/mol. The molecule has 1 aromatic carbocycles. The van der Waals surface area contributed by atoms with Crippen LogP contribution in [0.4, 0.5) is 13.2 Å². The lowest BCUT2D eigenvalue weighted by Crippen LogP contribution is -2.49. The number of fused-ring (bicyclic) bond motifs is 1. The molecule has 1 saturated heterocycles. The number of amidine groups is 1. The summed E-state index contributed by atoms with van der Waals surface area (Å²) in [5, 5.41) is 6.13. The van der Waals surface area contributed by atoms with Crippen LogP contribution in [0.25, 0.3) is 5.57 Å². The van der Waals surface area contributed by atoms with Crippen molar-refractivity contribution in [1.82, 2.24) is 29.1 Å². The van der Waals surface area contributed by atoms with Gasteiger partial charge in [0, 0.05) is 52.6 Å². The van der Waals surface area contributed by atoms with E-state index in [1.807, 2.05) is 0 Å². The molecule has 15 heteroatoms. The summed E-state index contributed by atoms with van der Waals surface area (Å²) in [4.78, 5) is 10.8. The second-order valence-corrected chi connectivity index (χ2v) is 10.5. The number of aliphatic imine (C=N–C) groups is 1. The first-order valence-corrected chi connectivity index (χ1v) is 13.0. The van der Waals surface area contributed by atoms with Gasteiger partial charge < -0.3 is 4.90 Å². The molecule has 2 aliphatic rings. The highest BCUT2D eigenvalue weighted by Gasteiger charge is 2.36. The molecule has 0 unspecified atom stereocenters. The van der Waals surface area contributed by atoms with E-state index >= 15 is 0 Å². The zero-order chi connectivity index (χ0) is 24.7. The predicted octanol–water partition coefficient (Wildman–Crippen LogP) is 3.53. The van der Waals surface area contributed by atoms with Crippen LogP contribution in [0.5, 0.6) is 0 Å². The highest BCUT2D eigenvalue weighted by atomic mass is 35.5. The van der Waals surface area contributed by atoms with E-state index in [0.717, 1.165) is 6.07 Å². The quantitative estimate of drug-likeness (QED) is 0.524. The number of halogens is 4. The monoisotopic (exact) mass is 543 g/mol. The van der Waals surface area contributed by atoms with E-state index in [2.05, 4.69) is 19.5 Å². The van der Waals surface area contributed by atoms with E-state index in [1.54, 1.807) is 16.5 Å². The van der Waals surface area contributed by atoms with E-state index in [1.165, 1.54) is 35.9 Å². The van der Waals surface area contributed by atoms with Gasteiger partial charge in [-0.1, -0.05) is 17.7 Å². The standard InChI is InChI=1S/C20H17ClF3N7O2S2/c21-14-7-12(22)1-2-13(14)17-16(11-8-26-31(9-11)20(23)24)15-3-4-27-35(32,33)28-10-30(15)18(29-17)19-25-5-6-34-19/h1-2,5-9,17,20,27-28H,3-4,10H2/t17-/m0/s1. The number of benzene rings is 1. The van der Waals surface area contributed by atoms with Gasteiger partial charge in [0.25, 0.3) is 10.2 Å². The zero-order valence-corrected chi connectivity index (χ0v) is 20.1. The maximum Gasteiger partial charge on any atom is 0.333 e. The topological polar surface area (TPSA) is 105 Å². The number of nitrogens with one attached hydrogen (secondary N) is 2. The molecule has 0 radical (unpaired) electrons.